The van der Waals surface area contributed by atoms with Crippen LogP contribution in [-0.2, 0) is 22.3 Å². The maximum atomic E-state index is 12.3. The summed E-state index contributed by atoms with van der Waals surface area (Å²) in [4.78, 5) is 15.9. The SMILES string of the molecule is O=C(NCc1ccncc1)Nc1ccc(NS(=O)(=O)Cc2cccc(Cl)c2)cc1. The molecule has 0 atom stereocenters. The number of sulfonamides is 1. The van der Waals surface area contributed by atoms with Crippen LogP contribution in [-0.4, -0.2) is 19.4 Å². The fraction of sp³-hybridized carbons (Fsp3) is 0.100. The first-order valence-electron chi connectivity index (χ1n) is 8.68. The number of amides is 2. The molecule has 0 saturated carbocycles. The highest BCUT2D eigenvalue weighted by atomic mass is 35.5. The van der Waals surface area contributed by atoms with E-state index in [2.05, 4.69) is 20.3 Å². The van der Waals surface area contributed by atoms with Crippen LogP contribution in [0.25, 0.3) is 0 Å². The molecule has 0 aliphatic carbocycles. The van der Waals surface area contributed by atoms with Crippen LogP contribution in [0.1, 0.15) is 11.1 Å². The Balaban J connectivity index is 1.53. The van der Waals surface area contributed by atoms with Crippen LogP contribution in [0.3, 0.4) is 0 Å². The Morgan fingerprint density at radius 3 is 2.31 bits per heavy atom. The molecule has 0 aliphatic rings. The minimum Gasteiger partial charge on any atom is -0.334 e. The molecule has 1 aromatic heterocycles. The third-order valence-electron chi connectivity index (χ3n) is 3.86. The Morgan fingerprint density at radius 1 is 0.931 bits per heavy atom. The van der Waals surface area contributed by atoms with E-state index in [0.717, 1.165) is 5.56 Å². The maximum absolute atomic E-state index is 12.3. The summed E-state index contributed by atoms with van der Waals surface area (Å²) in [6.07, 6.45) is 3.31. The number of aromatic nitrogens is 1. The predicted octanol–water partition coefficient (Wildman–Crippen LogP) is 4.00. The summed E-state index contributed by atoms with van der Waals surface area (Å²) in [6.45, 7) is 0.371. The van der Waals surface area contributed by atoms with Gasteiger partial charge in [-0.15, -0.1) is 0 Å². The smallest absolute Gasteiger partial charge is 0.319 e. The molecule has 0 unspecified atom stereocenters. The van der Waals surface area contributed by atoms with Crippen LogP contribution in [0, 0.1) is 0 Å². The number of halogens is 1. The van der Waals surface area contributed by atoms with Crippen LogP contribution in [0.2, 0.25) is 5.02 Å². The van der Waals surface area contributed by atoms with Crippen LogP contribution in [0.4, 0.5) is 16.2 Å². The normalized spacial score (nSPS) is 10.9. The highest BCUT2D eigenvalue weighted by Crippen LogP contribution is 2.18. The number of benzene rings is 2. The van der Waals surface area contributed by atoms with E-state index in [1.54, 1.807) is 60.9 Å². The largest absolute Gasteiger partial charge is 0.334 e. The molecule has 3 N–H and O–H groups in total. The van der Waals surface area contributed by atoms with Crippen molar-refractivity contribution in [3.8, 4) is 0 Å². The van der Waals surface area contributed by atoms with Gasteiger partial charge in [-0.1, -0.05) is 23.7 Å². The molecule has 0 aliphatic heterocycles. The second-order valence-corrected chi connectivity index (χ2v) is 8.39. The molecule has 0 saturated heterocycles. The first-order valence-corrected chi connectivity index (χ1v) is 10.7. The van der Waals surface area contributed by atoms with Gasteiger partial charge in [-0.25, -0.2) is 13.2 Å². The van der Waals surface area contributed by atoms with E-state index < -0.39 is 10.0 Å². The summed E-state index contributed by atoms with van der Waals surface area (Å²) in [5, 5.41) is 5.90. The minimum atomic E-state index is -3.59. The highest BCUT2D eigenvalue weighted by Gasteiger charge is 2.12. The van der Waals surface area contributed by atoms with Gasteiger partial charge >= 0.3 is 6.03 Å². The van der Waals surface area contributed by atoms with Crippen molar-refractivity contribution in [3.63, 3.8) is 0 Å². The summed E-state index contributed by atoms with van der Waals surface area (Å²) in [5.74, 6) is -0.190. The molecular weight excluding hydrogens is 412 g/mol. The van der Waals surface area contributed by atoms with Crippen molar-refractivity contribution in [1.82, 2.24) is 10.3 Å². The topological polar surface area (TPSA) is 100 Å². The van der Waals surface area contributed by atoms with Gasteiger partial charge in [0.15, 0.2) is 0 Å². The van der Waals surface area contributed by atoms with Crippen molar-refractivity contribution in [1.29, 1.82) is 0 Å². The van der Waals surface area contributed by atoms with Gasteiger partial charge in [-0.2, -0.15) is 0 Å². The van der Waals surface area contributed by atoms with Crippen molar-refractivity contribution >= 4 is 39.0 Å². The van der Waals surface area contributed by atoms with Crippen molar-refractivity contribution in [2.75, 3.05) is 10.0 Å². The lowest BCUT2D eigenvalue weighted by Gasteiger charge is -2.10. The van der Waals surface area contributed by atoms with E-state index in [9.17, 15) is 13.2 Å². The second kappa shape index (κ2) is 9.40. The number of nitrogens with one attached hydrogen (secondary N) is 3. The van der Waals surface area contributed by atoms with Crippen LogP contribution >= 0.6 is 11.6 Å². The van der Waals surface area contributed by atoms with E-state index in [1.807, 2.05) is 12.1 Å². The number of pyridine rings is 1. The van der Waals surface area contributed by atoms with Crippen molar-refractivity contribution in [2.24, 2.45) is 0 Å². The van der Waals surface area contributed by atoms with E-state index in [0.29, 0.717) is 28.5 Å². The van der Waals surface area contributed by atoms with Crippen LogP contribution in [0.15, 0.2) is 73.1 Å². The molecule has 9 heteroatoms. The first kappa shape index (κ1) is 20.6. The van der Waals surface area contributed by atoms with Gasteiger partial charge in [0.05, 0.1) is 5.75 Å². The molecular formula is C20H19ClN4O3S. The summed E-state index contributed by atoms with van der Waals surface area (Å²) in [6, 6.07) is 16.3. The number of carbonyl (C=O) groups is 1. The second-order valence-electron chi connectivity index (χ2n) is 6.23. The zero-order chi connectivity index (χ0) is 20.7. The minimum absolute atomic E-state index is 0.190. The van der Waals surface area contributed by atoms with E-state index in [1.165, 1.54) is 0 Å². The van der Waals surface area contributed by atoms with Crippen LogP contribution < -0.4 is 15.4 Å². The molecule has 1 heterocycles. The molecule has 0 fully saturated rings. The Hall–Kier alpha value is -3.10. The molecule has 29 heavy (non-hydrogen) atoms. The van der Waals surface area contributed by atoms with E-state index in [-0.39, 0.29) is 11.8 Å². The van der Waals surface area contributed by atoms with E-state index in [4.69, 9.17) is 11.6 Å². The third-order valence-corrected chi connectivity index (χ3v) is 5.36. The van der Waals surface area contributed by atoms with Gasteiger partial charge in [-0.3, -0.25) is 9.71 Å². The van der Waals surface area contributed by atoms with E-state index >= 15 is 0 Å². The van der Waals surface area contributed by atoms with Gasteiger partial charge in [0, 0.05) is 35.3 Å². The monoisotopic (exact) mass is 430 g/mol. The quantitative estimate of drug-likeness (QED) is 0.527. The Labute approximate surface area is 174 Å². The number of carbonyl (C=O) groups excluding carboxylic acids is 1. The zero-order valence-corrected chi connectivity index (χ0v) is 16.9. The van der Waals surface area contributed by atoms with Crippen molar-refractivity contribution in [2.45, 2.75) is 12.3 Å². The molecule has 3 rings (SSSR count). The van der Waals surface area contributed by atoms with Gasteiger partial charge in [0.2, 0.25) is 10.0 Å². The van der Waals surface area contributed by atoms with Gasteiger partial charge in [0.1, 0.15) is 0 Å². The summed E-state index contributed by atoms with van der Waals surface area (Å²) >= 11 is 5.89. The molecule has 150 valence electrons. The number of hydrogen-bond acceptors (Lipinski definition) is 4. The number of urea groups is 1. The molecule has 7 nitrogen and oxygen atoms in total. The van der Waals surface area contributed by atoms with Crippen LogP contribution in [0.5, 0.6) is 0 Å². The maximum Gasteiger partial charge on any atom is 0.319 e. The molecule has 3 aromatic rings. The van der Waals surface area contributed by atoms with Crippen molar-refractivity contribution < 1.29 is 13.2 Å². The molecule has 0 bridgehead atoms. The predicted molar refractivity (Wildman–Crippen MR) is 114 cm³/mol. The van der Waals surface area contributed by atoms with Gasteiger partial charge in [0.25, 0.3) is 0 Å². The number of anilines is 2. The Kier molecular flexibility index (Phi) is 6.69. The molecule has 2 amide bonds. The summed E-state index contributed by atoms with van der Waals surface area (Å²) < 4.78 is 27.2. The fourth-order valence-corrected chi connectivity index (χ4v) is 3.94. The Bertz CT molecular complexity index is 1070. The molecule has 2 aromatic carbocycles. The molecule has 0 radical (unpaired) electrons. The summed E-state index contributed by atoms with van der Waals surface area (Å²) in [7, 11) is -3.59. The first-order chi connectivity index (χ1) is 13.9. The number of nitrogens with zero attached hydrogens (tertiary/aromatic N) is 1. The van der Waals surface area contributed by atoms with Gasteiger partial charge < -0.3 is 10.6 Å². The fourth-order valence-electron chi connectivity index (χ4n) is 2.54. The van der Waals surface area contributed by atoms with Crippen molar-refractivity contribution in [3.05, 3.63) is 89.2 Å². The lowest BCUT2D eigenvalue weighted by Crippen LogP contribution is -2.28. The standard InChI is InChI=1S/C20H19ClN4O3S/c21-17-3-1-2-16(12-17)14-29(27,28)25-19-6-4-18(5-7-19)24-20(26)23-13-15-8-10-22-11-9-15/h1-12,25H,13-14H2,(H2,23,24,26). The van der Waals surface area contributed by atoms with Gasteiger partial charge in [-0.05, 0) is 59.7 Å². The number of hydrogen-bond donors (Lipinski definition) is 3. The lowest BCUT2D eigenvalue weighted by atomic mass is 10.2. The average Bonchev–Trinajstić information content (AvgIpc) is 2.68. The highest BCUT2D eigenvalue weighted by molar-refractivity contribution is 7.91. The molecule has 0 spiro atoms. The lowest BCUT2D eigenvalue weighted by molar-refractivity contribution is 0.251. The third kappa shape index (κ3) is 6.78. The summed E-state index contributed by atoms with van der Waals surface area (Å²) in [5.41, 5.74) is 2.46. The number of rotatable bonds is 7. The average molecular weight is 431 g/mol. The zero-order valence-electron chi connectivity index (χ0n) is 15.3. The Morgan fingerprint density at radius 2 is 1.62 bits per heavy atom.